The molecule has 4 nitrogen and oxygen atoms in total. The molecule has 0 atom stereocenters. The van der Waals surface area contributed by atoms with Gasteiger partial charge in [0.25, 0.3) is 0 Å². The molecular formula is C9H6F3NO3S. The van der Waals surface area contributed by atoms with Crippen LogP contribution >= 0.6 is 11.8 Å². The number of nitrogens with zero attached hydrogens (tertiary/aromatic N) is 1. The second-order valence-electron chi connectivity index (χ2n) is 2.87. The van der Waals surface area contributed by atoms with Gasteiger partial charge in [-0.3, -0.25) is 4.79 Å². The van der Waals surface area contributed by atoms with Gasteiger partial charge < -0.3 is 5.11 Å². The Morgan fingerprint density at radius 3 is 2.59 bits per heavy atom. The van der Waals surface area contributed by atoms with E-state index in [0.29, 0.717) is 11.8 Å². The Balaban J connectivity index is 2.77. The number of aromatic nitrogens is 1. The number of carboxylic acid groups (broad SMARTS) is 1. The van der Waals surface area contributed by atoms with E-state index < -0.39 is 23.7 Å². The van der Waals surface area contributed by atoms with Crippen molar-refractivity contribution in [1.29, 1.82) is 0 Å². The van der Waals surface area contributed by atoms with E-state index in [-0.39, 0.29) is 10.6 Å². The zero-order chi connectivity index (χ0) is 13.1. The average Bonchev–Trinajstić information content (AvgIpc) is 2.24. The Kier molecular flexibility index (Phi) is 4.11. The maximum atomic E-state index is 11.9. The molecular weight excluding hydrogens is 259 g/mol. The first-order chi connectivity index (χ1) is 7.82. The third kappa shape index (κ3) is 3.74. The van der Waals surface area contributed by atoms with E-state index in [2.05, 4.69) is 4.98 Å². The zero-order valence-electron chi connectivity index (χ0n) is 8.19. The van der Waals surface area contributed by atoms with Crippen molar-refractivity contribution in [3.8, 4) is 0 Å². The van der Waals surface area contributed by atoms with Gasteiger partial charge in [0, 0.05) is 6.20 Å². The van der Waals surface area contributed by atoms with Crippen LogP contribution in [0.25, 0.3) is 0 Å². The van der Waals surface area contributed by atoms with Crippen LogP contribution in [-0.4, -0.2) is 33.8 Å². The molecule has 0 bridgehead atoms. The summed E-state index contributed by atoms with van der Waals surface area (Å²) in [6, 6.07) is 2.55. The van der Waals surface area contributed by atoms with Crippen molar-refractivity contribution < 1.29 is 27.9 Å². The number of hydrogen-bond acceptors (Lipinski definition) is 4. The lowest BCUT2D eigenvalue weighted by Gasteiger charge is -2.05. The number of carbonyl (C=O) groups is 2. The molecule has 0 saturated carbocycles. The first-order valence-electron chi connectivity index (χ1n) is 4.23. The van der Waals surface area contributed by atoms with Crippen LogP contribution in [0.1, 0.15) is 10.4 Å². The number of hydrogen-bond donors (Lipinski definition) is 1. The number of Topliss-reactive ketones (excluding diaryl/α,β-unsaturated/α-hetero) is 1. The van der Waals surface area contributed by atoms with Crippen LogP contribution in [0.5, 0.6) is 0 Å². The number of rotatable bonds is 4. The molecule has 0 aliphatic heterocycles. The minimum atomic E-state index is -4.91. The molecule has 0 saturated heterocycles. The van der Waals surface area contributed by atoms with Crippen LogP contribution in [-0.2, 0) is 4.79 Å². The van der Waals surface area contributed by atoms with Crippen molar-refractivity contribution in [3.63, 3.8) is 0 Å². The summed E-state index contributed by atoms with van der Waals surface area (Å²) in [6.07, 6.45) is -3.67. The molecule has 0 aromatic carbocycles. The number of thioether (sulfide) groups is 1. The van der Waals surface area contributed by atoms with Crippen LogP contribution in [0.15, 0.2) is 23.4 Å². The predicted octanol–water partition coefficient (Wildman–Crippen LogP) is 2.00. The summed E-state index contributed by atoms with van der Waals surface area (Å²) < 4.78 is 35.7. The molecule has 1 aromatic heterocycles. The number of pyridine rings is 1. The Morgan fingerprint density at radius 1 is 1.41 bits per heavy atom. The lowest BCUT2D eigenvalue weighted by Crippen LogP contribution is -2.24. The van der Waals surface area contributed by atoms with Gasteiger partial charge in [0.05, 0.1) is 11.3 Å². The lowest BCUT2D eigenvalue weighted by atomic mass is 10.3. The molecule has 0 aliphatic carbocycles. The van der Waals surface area contributed by atoms with Crippen molar-refractivity contribution in [2.45, 2.75) is 11.2 Å². The highest BCUT2D eigenvalue weighted by molar-refractivity contribution is 8.00. The second-order valence-corrected chi connectivity index (χ2v) is 3.83. The van der Waals surface area contributed by atoms with Gasteiger partial charge in [-0.2, -0.15) is 13.2 Å². The van der Waals surface area contributed by atoms with Gasteiger partial charge in [0.15, 0.2) is 0 Å². The smallest absolute Gasteiger partial charge is 0.450 e. The van der Waals surface area contributed by atoms with E-state index in [9.17, 15) is 22.8 Å². The molecule has 0 unspecified atom stereocenters. The lowest BCUT2D eigenvalue weighted by molar-refractivity contribution is -0.167. The highest BCUT2D eigenvalue weighted by atomic mass is 32.2. The van der Waals surface area contributed by atoms with E-state index in [1.807, 2.05) is 0 Å². The van der Waals surface area contributed by atoms with Gasteiger partial charge in [0.2, 0.25) is 5.78 Å². The fourth-order valence-electron chi connectivity index (χ4n) is 0.884. The normalized spacial score (nSPS) is 11.2. The Hall–Kier alpha value is -1.57. The summed E-state index contributed by atoms with van der Waals surface area (Å²) in [6.45, 7) is 0. The molecule has 1 N–H and O–H groups in total. The van der Waals surface area contributed by atoms with Gasteiger partial charge in [0.1, 0.15) is 5.03 Å². The van der Waals surface area contributed by atoms with Gasteiger partial charge >= 0.3 is 12.1 Å². The molecule has 1 aromatic rings. The first-order valence-corrected chi connectivity index (χ1v) is 5.22. The SMILES string of the molecule is O=C(O)c1cccnc1SCC(=O)C(F)(F)F. The highest BCUT2D eigenvalue weighted by Crippen LogP contribution is 2.24. The zero-order valence-corrected chi connectivity index (χ0v) is 9.01. The highest BCUT2D eigenvalue weighted by Gasteiger charge is 2.37. The van der Waals surface area contributed by atoms with Gasteiger partial charge in [-0.05, 0) is 12.1 Å². The quantitative estimate of drug-likeness (QED) is 0.843. The molecule has 0 amide bonds. The molecule has 0 fully saturated rings. The fourth-order valence-corrected chi connectivity index (χ4v) is 1.76. The standard InChI is InChI=1S/C9H6F3NO3S/c10-9(11,12)6(14)4-17-7-5(8(15)16)2-1-3-13-7/h1-3H,4H2,(H,15,16). The summed E-state index contributed by atoms with van der Waals surface area (Å²) in [4.78, 5) is 24.9. The Morgan fingerprint density at radius 2 is 2.06 bits per heavy atom. The Bertz CT molecular complexity index is 447. The third-order valence-corrected chi connectivity index (χ3v) is 2.66. The summed E-state index contributed by atoms with van der Waals surface area (Å²) in [5.74, 6) is -4.12. The van der Waals surface area contributed by atoms with E-state index in [1.54, 1.807) is 0 Å². The molecule has 0 spiro atoms. The number of ketones is 1. The van der Waals surface area contributed by atoms with Gasteiger partial charge in [-0.15, -0.1) is 0 Å². The minimum absolute atomic E-state index is 0.113. The van der Waals surface area contributed by atoms with Crippen LogP contribution in [0.3, 0.4) is 0 Å². The molecule has 1 heterocycles. The number of halogens is 3. The van der Waals surface area contributed by atoms with Crippen LogP contribution in [0.4, 0.5) is 13.2 Å². The molecule has 8 heteroatoms. The molecule has 92 valence electrons. The number of alkyl halides is 3. The van der Waals surface area contributed by atoms with Crippen molar-refractivity contribution in [1.82, 2.24) is 4.98 Å². The minimum Gasteiger partial charge on any atom is -0.478 e. The predicted molar refractivity (Wildman–Crippen MR) is 53.0 cm³/mol. The van der Waals surface area contributed by atoms with Crippen LogP contribution in [0.2, 0.25) is 0 Å². The topological polar surface area (TPSA) is 67.3 Å². The van der Waals surface area contributed by atoms with Crippen molar-refractivity contribution in [3.05, 3.63) is 23.9 Å². The average molecular weight is 265 g/mol. The first kappa shape index (κ1) is 13.5. The maximum absolute atomic E-state index is 11.9. The summed E-state index contributed by atoms with van der Waals surface area (Å²) >= 11 is 0.449. The van der Waals surface area contributed by atoms with Crippen molar-refractivity contribution >= 4 is 23.5 Å². The van der Waals surface area contributed by atoms with Gasteiger partial charge in [-0.1, -0.05) is 11.8 Å². The van der Waals surface area contributed by atoms with Crippen LogP contribution < -0.4 is 0 Å². The van der Waals surface area contributed by atoms with Crippen molar-refractivity contribution in [2.24, 2.45) is 0 Å². The summed E-state index contributed by atoms with van der Waals surface area (Å²) in [5.41, 5.74) is -0.229. The van der Waals surface area contributed by atoms with E-state index >= 15 is 0 Å². The fraction of sp³-hybridized carbons (Fsp3) is 0.222. The third-order valence-electron chi connectivity index (χ3n) is 1.66. The number of carbonyl (C=O) groups excluding carboxylic acids is 1. The summed E-state index contributed by atoms with van der Waals surface area (Å²) in [7, 11) is 0. The van der Waals surface area contributed by atoms with E-state index in [1.165, 1.54) is 18.3 Å². The Labute approximate surface area is 97.8 Å². The van der Waals surface area contributed by atoms with E-state index in [0.717, 1.165) is 0 Å². The molecule has 0 aliphatic rings. The molecule has 1 rings (SSSR count). The number of aromatic carboxylic acids is 1. The summed E-state index contributed by atoms with van der Waals surface area (Å²) in [5, 5.41) is 8.62. The molecule has 0 radical (unpaired) electrons. The van der Waals surface area contributed by atoms with E-state index in [4.69, 9.17) is 5.11 Å². The van der Waals surface area contributed by atoms with Gasteiger partial charge in [-0.25, -0.2) is 9.78 Å². The monoisotopic (exact) mass is 265 g/mol. The van der Waals surface area contributed by atoms with Crippen molar-refractivity contribution in [2.75, 3.05) is 5.75 Å². The maximum Gasteiger partial charge on any atom is 0.450 e. The number of carboxylic acids is 1. The van der Waals surface area contributed by atoms with Crippen LogP contribution in [0, 0.1) is 0 Å². The second kappa shape index (κ2) is 5.17. The molecule has 17 heavy (non-hydrogen) atoms. The largest absolute Gasteiger partial charge is 0.478 e.